The van der Waals surface area contributed by atoms with Gasteiger partial charge < -0.3 is 10.8 Å². The third kappa shape index (κ3) is 1.77. The summed E-state index contributed by atoms with van der Waals surface area (Å²) in [6, 6.07) is 7.42. The second-order valence-electron chi connectivity index (χ2n) is 3.32. The van der Waals surface area contributed by atoms with Crippen molar-refractivity contribution in [3.05, 3.63) is 29.8 Å². The van der Waals surface area contributed by atoms with Gasteiger partial charge in [0.15, 0.2) is 0 Å². The molecular formula is C10H15NO. The predicted molar refractivity (Wildman–Crippen MR) is 50.7 cm³/mol. The second-order valence-corrected chi connectivity index (χ2v) is 3.32. The summed E-state index contributed by atoms with van der Waals surface area (Å²) in [5.74, 6) is 0.203. The summed E-state index contributed by atoms with van der Waals surface area (Å²) in [6.07, 6.45) is -0.453. The zero-order valence-corrected chi connectivity index (χ0v) is 7.49. The molecule has 0 radical (unpaired) electrons. The number of para-hydroxylation sites is 1. The first-order valence-electron chi connectivity index (χ1n) is 4.15. The molecule has 0 aliphatic carbocycles. The molecule has 1 atom stereocenters. The number of aliphatic hydroxyl groups excluding tert-OH is 1. The minimum Gasteiger partial charge on any atom is -0.398 e. The van der Waals surface area contributed by atoms with E-state index in [2.05, 4.69) is 0 Å². The number of nitrogens with two attached hydrogens (primary N) is 1. The molecule has 0 spiro atoms. The van der Waals surface area contributed by atoms with Crippen LogP contribution in [0, 0.1) is 5.92 Å². The molecule has 0 fully saturated rings. The van der Waals surface area contributed by atoms with E-state index >= 15 is 0 Å². The number of nitrogen functional groups attached to an aromatic ring is 1. The van der Waals surface area contributed by atoms with Crippen LogP contribution in [0.4, 0.5) is 5.69 Å². The van der Waals surface area contributed by atoms with Gasteiger partial charge in [-0.2, -0.15) is 0 Å². The first-order valence-corrected chi connectivity index (χ1v) is 4.15. The molecule has 0 aliphatic heterocycles. The van der Waals surface area contributed by atoms with E-state index < -0.39 is 6.10 Å². The van der Waals surface area contributed by atoms with Crippen LogP contribution in [-0.4, -0.2) is 5.11 Å². The fourth-order valence-corrected chi connectivity index (χ4v) is 1.14. The number of hydrogen-bond acceptors (Lipinski definition) is 2. The Morgan fingerprint density at radius 3 is 2.33 bits per heavy atom. The van der Waals surface area contributed by atoms with Gasteiger partial charge in [-0.1, -0.05) is 32.0 Å². The smallest absolute Gasteiger partial charge is 0.0832 e. The first kappa shape index (κ1) is 9.07. The molecule has 3 N–H and O–H groups in total. The standard InChI is InChI=1S/C10H15NO/c1-7(2)10(12)8-5-3-4-6-9(8)11/h3-7,10,12H,11H2,1-2H3/t10-/m1/s1. The van der Waals surface area contributed by atoms with Gasteiger partial charge in [0.1, 0.15) is 0 Å². The van der Waals surface area contributed by atoms with Crippen LogP contribution in [0.1, 0.15) is 25.5 Å². The Morgan fingerprint density at radius 1 is 1.25 bits per heavy atom. The molecule has 0 aromatic heterocycles. The van der Waals surface area contributed by atoms with Crippen LogP contribution < -0.4 is 5.73 Å². The second kappa shape index (κ2) is 3.59. The molecule has 0 saturated heterocycles. The molecule has 0 bridgehead atoms. The molecule has 1 rings (SSSR count). The van der Waals surface area contributed by atoms with E-state index in [0.717, 1.165) is 5.56 Å². The Bertz CT molecular complexity index is 258. The third-order valence-corrected chi connectivity index (χ3v) is 1.95. The van der Waals surface area contributed by atoms with E-state index in [1.807, 2.05) is 32.0 Å². The van der Waals surface area contributed by atoms with Crippen molar-refractivity contribution in [1.82, 2.24) is 0 Å². The van der Waals surface area contributed by atoms with Gasteiger partial charge in [0.25, 0.3) is 0 Å². The summed E-state index contributed by atoms with van der Waals surface area (Å²) >= 11 is 0. The Hall–Kier alpha value is -1.02. The van der Waals surface area contributed by atoms with E-state index in [0.29, 0.717) is 5.69 Å². The normalized spacial score (nSPS) is 13.3. The number of rotatable bonds is 2. The summed E-state index contributed by atoms with van der Waals surface area (Å²) in [4.78, 5) is 0. The van der Waals surface area contributed by atoms with Crippen molar-refractivity contribution < 1.29 is 5.11 Å². The van der Waals surface area contributed by atoms with Crippen molar-refractivity contribution in [1.29, 1.82) is 0 Å². The molecule has 0 aliphatic rings. The quantitative estimate of drug-likeness (QED) is 0.658. The highest BCUT2D eigenvalue weighted by Crippen LogP contribution is 2.25. The Labute approximate surface area is 73.0 Å². The highest BCUT2D eigenvalue weighted by Gasteiger charge is 2.13. The maximum Gasteiger partial charge on any atom is 0.0832 e. The summed E-state index contributed by atoms with van der Waals surface area (Å²) in [5, 5.41) is 9.70. The molecule has 0 heterocycles. The van der Waals surface area contributed by atoms with Crippen LogP contribution in [-0.2, 0) is 0 Å². The maximum atomic E-state index is 9.70. The van der Waals surface area contributed by atoms with Gasteiger partial charge in [-0.25, -0.2) is 0 Å². The lowest BCUT2D eigenvalue weighted by Gasteiger charge is -2.16. The Kier molecular flexibility index (Phi) is 2.71. The van der Waals surface area contributed by atoms with E-state index in [1.54, 1.807) is 6.07 Å². The van der Waals surface area contributed by atoms with Crippen LogP contribution >= 0.6 is 0 Å². The lowest BCUT2D eigenvalue weighted by Crippen LogP contribution is -2.07. The van der Waals surface area contributed by atoms with Crippen LogP contribution in [0.25, 0.3) is 0 Å². The molecule has 0 amide bonds. The van der Waals surface area contributed by atoms with Gasteiger partial charge in [0.2, 0.25) is 0 Å². The molecule has 0 saturated carbocycles. The fraction of sp³-hybridized carbons (Fsp3) is 0.400. The highest BCUT2D eigenvalue weighted by molar-refractivity contribution is 5.47. The van der Waals surface area contributed by atoms with Crippen molar-refractivity contribution >= 4 is 5.69 Å². The largest absolute Gasteiger partial charge is 0.398 e. The van der Waals surface area contributed by atoms with Gasteiger partial charge in [-0.05, 0) is 12.0 Å². The average Bonchev–Trinajstić information content (AvgIpc) is 2.04. The van der Waals surface area contributed by atoms with E-state index in [-0.39, 0.29) is 5.92 Å². The van der Waals surface area contributed by atoms with Gasteiger partial charge in [0.05, 0.1) is 6.10 Å². The van der Waals surface area contributed by atoms with Crippen LogP contribution in [0.2, 0.25) is 0 Å². The number of aliphatic hydroxyl groups is 1. The summed E-state index contributed by atoms with van der Waals surface area (Å²) < 4.78 is 0. The maximum absolute atomic E-state index is 9.70. The Morgan fingerprint density at radius 2 is 1.83 bits per heavy atom. The van der Waals surface area contributed by atoms with Crippen LogP contribution in [0.5, 0.6) is 0 Å². The molecule has 12 heavy (non-hydrogen) atoms. The molecule has 0 unspecified atom stereocenters. The number of benzene rings is 1. The lowest BCUT2D eigenvalue weighted by atomic mass is 9.98. The van der Waals surface area contributed by atoms with Gasteiger partial charge >= 0.3 is 0 Å². The minimum atomic E-state index is -0.453. The predicted octanol–water partition coefficient (Wildman–Crippen LogP) is 1.96. The first-order chi connectivity index (χ1) is 5.63. The number of hydrogen-bond donors (Lipinski definition) is 2. The molecule has 1 aromatic carbocycles. The SMILES string of the molecule is CC(C)[C@@H](O)c1ccccc1N. The van der Waals surface area contributed by atoms with E-state index in [1.165, 1.54) is 0 Å². The van der Waals surface area contributed by atoms with Crippen molar-refractivity contribution in [2.45, 2.75) is 20.0 Å². The van der Waals surface area contributed by atoms with Crippen molar-refractivity contribution in [2.75, 3.05) is 5.73 Å². The average molecular weight is 165 g/mol. The monoisotopic (exact) mass is 165 g/mol. The molecule has 66 valence electrons. The summed E-state index contributed by atoms with van der Waals surface area (Å²) in [6.45, 7) is 3.94. The van der Waals surface area contributed by atoms with E-state index in [9.17, 15) is 5.11 Å². The minimum absolute atomic E-state index is 0.203. The zero-order valence-electron chi connectivity index (χ0n) is 7.49. The molecule has 1 aromatic rings. The fourth-order valence-electron chi connectivity index (χ4n) is 1.14. The van der Waals surface area contributed by atoms with Crippen molar-refractivity contribution in [2.24, 2.45) is 5.92 Å². The Balaban J connectivity index is 2.94. The molecule has 2 heteroatoms. The number of anilines is 1. The van der Waals surface area contributed by atoms with Crippen molar-refractivity contribution in [3.8, 4) is 0 Å². The summed E-state index contributed by atoms with van der Waals surface area (Å²) in [7, 11) is 0. The third-order valence-electron chi connectivity index (χ3n) is 1.95. The van der Waals surface area contributed by atoms with Crippen LogP contribution in [0.3, 0.4) is 0 Å². The topological polar surface area (TPSA) is 46.2 Å². The van der Waals surface area contributed by atoms with E-state index in [4.69, 9.17) is 5.73 Å². The molecular weight excluding hydrogens is 150 g/mol. The van der Waals surface area contributed by atoms with Crippen LogP contribution in [0.15, 0.2) is 24.3 Å². The lowest BCUT2D eigenvalue weighted by molar-refractivity contribution is 0.127. The zero-order chi connectivity index (χ0) is 9.14. The summed E-state index contributed by atoms with van der Waals surface area (Å²) in [5.41, 5.74) is 7.19. The van der Waals surface area contributed by atoms with Gasteiger partial charge in [-0.15, -0.1) is 0 Å². The molecule has 2 nitrogen and oxygen atoms in total. The highest BCUT2D eigenvalue weighted by atomic mass is 16.3. The van der Waals surface area contributed by atoms with Gasteiger partial charge in [0, 0.05) is 11.3 Å². The van der Waals surface area contributed by atoms with Gasteiger partial charge in [-0.3, -0.25) is 0 Å². The van der Waals surface area contributed by atoms with Crippen molar-refractivity contribution in [3.63, 3.8) is 0 Å².